The van der Waals surface area contributed by atoms with Gasteiger partial charge in [-0.3, -0.25) is 9.59 Å². The van der Waals surface area contributed by atoms with Gasteiger partial charge in [0.2, 0.25) is 5.91 Å². The van der Waals surface area contributed by atoms with Crippen LogP contribution in [0.5, 0.6) is 0 Å². The molecule has 4 rings (SSSR count). The predicted molar refractivity (Wildman–Crippen MR) is 126 cm³/mol. The van der Waals surface area contributed by atoms with E-state index in [1.807, 2.05) is 30.3 Å². The van der Waals surface area contributed by atoms with E-state index in [0.717, 1.165) is 12.8 Å². The van der Waals surface area contributed by atoms with Crippen molar-refractivity contribution in [3.05, 3.63) is 69.7 Å². The summed E-state index contributed by atoms with van der Waals surface area (Å²) in [5.41, 5.74) is 1.62. The number of halogens is 2. The molecule has 1 aliphatic rings. The van der Waals surface area contributed by atoms with E-state index in [9.17, 15) is 9.59 Å². The Balaban J connectivity index is 1.48. The second-order valence-electron chi connectivity index (χ2n) is 7.13. The van der Waals surface area contributed by atoms with Crippen LogP contribution in [0.3, 0.4) is 0 Å². The highest BCUT2D eigenvalue weighted by Gasteiger charge is 2.33. The summed E-state index contributed by atoms with van der Waals surface area (Å²) in [7, 11) is 0. The molecule has 0 aliphatic carbocycles. The Hall–Kier alpha value is -2.61. The van der Waals surface area contributed by atoms with Gasteiger partial charge in [-0.1, -0.05) is 47.5 Å². The lowest BCUT2D eigenvalue weighted by Crippen LogP contribution is -2.50. The average Bonchev–Trinajstić information content (AvgIpc) is 3.26. The van der Waals surface area contributed by atoms with Crippen LogP contribution >= 0.6 is 34.5 Å². The van der Waals surface area contributed by atoms with Crippen LogP contribution in [0.4, 0.5) is 16.5 Å². The molecule has 2 amide bonds. The Labute approximate surface area is 194 Å². The smallest absolute Gasteiger partial charge is 0.274 e. The van der Waals surface area contributed by atoms with E-state index in [2.05, 4.69) is 15.6 Å². The Morgan fingerprint density at radius 1 is 1.06 bits per heavy atom. The van der Waals surface area contributed by atoms with Crippen molar-refractivity contribution < 1.29 is 9.59 Å². The largest absolute Gasteiger partial charge is 0.330 e. The molecule has 2 N–H and O–H groups in total. The third kappa shape index (κ3) is 5.01. The minimum atomic E-state index is -0.526. The number of nitrogens with zero attached hydrogens (tertiary/aromatic N) is 2. The minimum Gasteiger partial charge on any atom is -0.330 e. The monoisotopic (exact) mass is 474 g/mol. The first-order valence-corrected chi connectivity index (χ1v) is 11.5. The summed E-state index contributed by atoms with van der Waals surface area (Å²) in [5.74, 6) is -0.437. The number of nitrogens with one attached hydrogen (secondary N) is 2. The number of anilines is 3. The molecule has 0 radical (unpaired) electrons. The van der Waals surface area contributed by atoms with Crippen LogP contribution in [0.2, 0.25) is 10.0 Å². The lowest BCUT2D eigenvalue weighted by molar-refractivity contribution is -0.121. The molecular formula is C22H20Cl2N4O2S. The van der Waals surface area contributed by atoms with Crippen molar-refractivity contribution in [3.8, 4) is 0 Å². The number of hydrogen-bond acceptors (Lipinski definition) is 5. The van der Waals surface area contributed by atoms with Gasteiger partial charge >= 0.3 is 0 Å². The van der Waals surface area contributed by atoms with Crippen LogP contribution in [-0.2, 0) is 4.79 Å². The standard InChI is InChI=1S/C22H20Cl2N4O2S/c23-15-9-6-10-16(19(15)24)26-22-27-17(13-31-22)21(30)28-12-5-4-11-18(28)20(29)25-14-7-2-1-3-8-14/h1-3,6-10,13,18H,4-5,11-12H2,(H,25,29)(H,26,27)/t18-/m1/s1. The molecule has 6 nitrogen and oxygen atoms in total. The number of aromatic nitrogens is 1. The van der Waals surface area contributed by atoms with Crippen LogP contribution in [-0.4, -0.2) is 34.3 Å². The van der Waals surface area contributed by atoms with Gasteiger partial charge in [-0.2, -0.15) is 0 Å². The molecule has 1 fully saturated rings. The fraction of sp³-hybridized carbons (Fsp3) is 0.227. The molecule has 160 valence electrons. The zero-order chi connectivity index (χ0) is 21.8. The van der Waals surface area contributed by atoms with Gasteiger partial charge in [-0.25, -0.2) is 4.98 Å². The van der Waals surface area contributed by atoms with Crippen molar-refractivity contribution in [2.75, 3.05) is 17.2 Å². The Morgan fingerprint density at radius 2 is 1.87 bits per heavy atom. The summed E-state index contributed by atoms with van der Waals surface area (Å²) >= 11 is 13.6. The van der Waals surface area contributed by atoms with E-state index in [0.29, 0.717) is 45.2 Å². The summed E-state index contributed by atoms with van der Waals surface area (Å²) in [4.78, 5) is 32.1. The number of carbonyl (C=O) groups excluding carboxylic acids is 2. The van der Waals surface area contributed by atoms with Crippen molar-refractivity contribution in [2.45, 2.75) is 25.3 Å². The maximum Gasteiger partial charge on any atom is 0.274 e. The molecule has 1 aromatic heterocycles. The lowest BCUT2D eigenvalue weighted by Gasteiger charge is -2.34. The first-order chi connectivity index (χ1) is 15.0. The highest BCUT2D eigenvalue weighted by molar-refractivity contribution is 7.14. The molecular weight excluding hydrogens is 455 g/mol. The van der Waals surface area contributed by atoms with E-state index in [1.165, 1.54) is 11.3 Å². The normalized spacial score (nSPS) is 16.1. The average molecular weight is 475 g/mol. The first kappa shape index (κ1) is 21.6. The number of likely N-dealkylation sites (tertiary alicyclic amines) is 1. The van der Waals surface area contributed by atoms with E-state index < -0.39 is 6.04 Å². The zero-order valence-electron chi connectivity index (χ0n) is 16.5. The van der Waals surface area contributed by atoms with Crippen molar-refractivity contribution in [2.24, 2.45) is 0 Å². The van der Waals surface area contributed by atoms with E-state index in [1.54, 1.807) is 28.5 Å². The molecule has 3 aromatic rings. The molecule has 2 heterocycles. The number of carbonyl (C=O) groups is 2. The Kier molecular flexibility index (Phi) is 6.75. The third-order valence-corrected chi connectivity index (χ3v) is 6.60. The quantitative estimate of drug-likeness (QED) is 0.487. The van der Waals surface area contributed by atoms with Gasteiger partial charge in [0.15, 0.2) is 5.13 Å². The maximum absolute atomic E-state index is 13.2. The molecule has 0 unspecified atom stereocenters. The number of benzene rings is 2. The second kappa shape index (κ2) is 9.68. The van der Waals surface area contributed by atoms with Crippen molar-refractivity contribution in [1.82, 2.24) is 9.88 Å². The summed E-state index contributed by atoms with van der Waals surface area (Å²) in [6.07, 6.45) is 2.37. The number of thiazole rings is 1. The third-order valence-electron chi connectivity index (χ3n) is 5.02. The molecule has 1 aliphatic heterocycles. The summed E-state index contributed by atoms with van der Waals surface area (Å²) in [6.45, 7) is 0.520. The van der Waals surface area contributed by atoms with Crippen LogP contribution in [0.25, 0.3) is 0 Å². The molecule has 0 bridgehead atoms. The van der Waals surface area contributed by atoms with Gasteiger partial charge in [0.05, 0.1) is 15.7 Å². The van der Waals surface area contributed by atoms with E-state index in [4.69, 9.17) is 23.2 Å². The van der Waals surface area contributed by atoms with Crippen LogP contribution in [0.15, 0.2) is 53.9 Å². The SMILES string of the molecule is O=C(Nc1ccccc1)[C@H]1CCCCN1C(=O)c1csc(Nc2cccc(Cl)c2Cl)n1. The maximum atomic E-state index is 13.2. The Bertz CT molecular complexity index is 1090. The van der Waals surface area contributed by atoms with Gasteiger partial charge in [0.1, 0.15) is 11.7 Å². The highest BCUT2D eigenvalue weighted by Crippen LogP contribution is 2.33. The summed E-state index contributed by atoms with van der Waals surface area (Å²) in [5, 5.41) is 9.03. The second-order valence-corrected chi connectivity index (χ2v) is 8.77. The van der Waals surface area contributed by atoms with Gasteiger partial charge in [0, 0.05) is 17.6 Å². The van der Waals surface area contributed by atoms with Gasteiger partial charge in [-0.05, 0) is 43.5 Å². The van der Waals surface area contributed by atoms with E-state index >= 15 is 0 Å². The molecule has 2 aromatic carbocycles. The van der Waals surface area contributed by atoms with Gasteiger partial charge in [0.25, 0.3) is 5.91 Å². The zero-order valence-corrected chi connectivity index (χ0v) is 18.8. The minimum absolute atomic E-state index is 0.182. The molecule has 1 saturated heterocycles. The molecule has 9 heteroatoms. The number of hydrogen-bond donors (Lipinski definition) is 2. The van der Waals surface area contributed by atoms with Crippen molar-refractivity contribution in [1.29, 1.82) is 0 Å². The number of amides is 2. The molecule has 31 heavy (non-hydrogen) atoms. The fourth-order valence-corrected chi connectivity index (χ4v) is 4.53. The van der Waals surface area contributed by atoms with Gasteiger partial charge < -0.3 is 15.5 Å². The fourth-order valence-electron chi connectivity index (χ4n) is 3.49. The molecule has 0 saturated carbocycles. The Morgan fingerprint density at radius 3 is 2.68 bits per heavy atom. The van der Waals surface area contributed by atoms with Crippen LogP contribution in [0.1, 0.15) is 29.8 Å². The van der Waals surface area contributed by atoms with Crippen molar-refractivity contribution in [3.63, 3.8) is 0 Å². The van der Waals surface area contributed by atoms with Crippen LogP contribution in [0, 0.1) is 0 Å². The number of rotatable bonds is 5. The van der Waals surface area contributed by atoms with Crippen LogP contribution < -0.4 is 10.6 Å². The van der Waals surface area contributed by atoms with Crippen molar-refractivity contribution >= 4 is 62.9 Å². The number of piperidine rings is 1. The highest BCUT2D eigenvalue weighted by atomic mass is 35.5. The lowest BCUT2D eigenvalue weighted by atomic mass is 10.0. The van der Waals surface area contributed by atoms with E-state index in [-0.39, 0.29) is 11.8 Å². The summed E-state index contributed by atoms with van der Waals surface area (Å²) < 4.78 is 0. The predicted octanol–water partition coefficient (Wildman–Crippen LogP) is 5.83. The molecule has 1 atom stereocenters. The number of para-hydroxylation sites is 1. The summed E-state index contributed by atoms with van der Waals surface area (Å²) in [6, 6.07) is 14.0. The van der Waals surface area contributed by atoms with Gasteiger partial charge in [-0.15, -0.1) is 11.3 Å². The topological polar surface area (TPSA) is 74.3 Å². The first-order valence-electron chi connectivity index (χ1n) is 9.86. The molecule has 0 spiro atoms.